The third kappa shape index (κ3) is 4.88. The lowest BCUT2D eigenvalue weighted by Gasteiger charge is -2.34. The first-order valence-electron chi connectivity index (χ1n) is 10.1. The number of carbonyl (C=O) groups excluding carboxylic acids is 1. The second-order valence-electron chi connectivity index (χ2n) is 7.21. The largest absolute Gasteiger partial charge is 0.493 e. The van der Waals surface area contributed by atoms with E-state index in [0.717, 1.165) is 57.2 Å². The molecule has 0 atom stereocenters. The van der Waals surface area contributed by atoms with E-state index in [-0.39, 0.29) is 5.91 Å². The van der Waals surface area contributed by atoms with Crippen molar-refractivity contribution in [2.75, 3.05) is 58.4 Å². The first-order valence-corrected chi connectivity index (χ1v) is 12.0. The van der Waals surface area contributed by atoms with Gasteiger partial charge < -0.3 is 19.7 Å². The van der Waals surface area contributed by atoms with Gasteiger partial charge in [0, 0.05) is 42.8 Å². The van der Waals surface area contributed by atoms with Crippen molar-refractivity contribution in [1.82, 2.24) is 15.2 Å². The Labute approximate surface area is 199 Å². The lowest BCUT2D eigenvalue weighted by Crippen LogP contribution is -2.48. The maximum Gasteiger partial charge on any atom is 0.252 e. The number of ether oxygens (including phenoxy) is 2. The second kappa shape index (κ2) is 10.0. The zero-order valence-electron chi connectivity index (χ0n) is 17.6. The van der Waals surface area contributed by atoms with Gasteiger partial charge in [0.2, 0.25) is 0 Å². The molecule has 0 aliphatic carbocycles. The van der Waals surface area contributed by atoms with Crippen LogP contribution in [0.25, 0.3) is 10.2 Å². The standard InChI is InChI=1S/C22H25IN4O3S/c1-29-17-7-8-18-19(20(17)30-2)25-22(31-18)27-13-11-26(12-14-27)10-9-24-21(28)15-5-3-4-6-16(15)23/h3-8H,9-14H2,1-2H3,(H,24,28). The Kier molecular flexibility index (Phi) is 7.13. The number of carbonyl (C=O) groups is 1. The number of rotatable bonds is 7. The van der Waals surface area contributed by atoms with Crippen molar-refractivity contribution in [2.45, 2.75) is 0 Å². The summed E-state index contributed by atoms with van der Waals surface area (Å²) in [4.78, 5) is 21.9. The number of nitrogens with zero attached hydrogens (tertiary/aromatic N) is 3. The molecule has 3 aromatic rings. The molecule has 1 fully saturated rings. The number of anilines is 1. The van der Waals surface area contributed by atoms with Crippen molar-refractivity contribution in [3.63, 3.8) is 0 Å². The van der Waals surface area contributed by atoms with Crippen LogP contribution in [-0.4, -0.2) is 69.3 Å². The molecule has 1 aromatic heterocycles. The van der Waals surface area contributed by atoms with Crippen molar-refractivity contribution in [3.05, 3.63) is 45.5 Å². The van der Waals surface area contributed by atoms with E-state index in [0.29, 0.717) is 18.0 Å². The summed E-state index contributed by atoms with van der Waals surface area (Å²) in [5.74, 6) is 1.37. The summed E-state index contributed by atoms with van der Waals surface area (Å²) < 4.78 is 13.0. The highest BCUT2D eigenvalue weighted by molar-refractivity contribution is 14.1. The molecule has 1 saturated heterocycles. The van der Waals surface area contributed by atoms with Gasteiger partial charge in [0.1, 0.15) is 5.52 Å². The van der Waals surface area contributed by atoms with Gasteiger partial charge in [0.25, 0.3) is 5.91 Å². The highest BCUT2D eigenvalue weighted by Gasteiger charge is 2.22. The molecule has 0 spiro atoms. The molecular formula is C22H25IN4O3S. The summed E-state index contributed by atoms with van der Waals surface area (Å²) in [5, 5.41) is 4.04. The van der Waals surface area contributed by atoms with Gasteiger partial charge in [0.05, 0.1) is 24.5 Å². The molecule has 0 saturated carbocycles. The predicted molar refractivity (Wildman–Crippen MR) is 133 cm³/mol. The fraction of sp³-hybridized carbons (Fsp3) is 0.364. The van der Waals surface area contributed by atoms with Gasteiger partial charge in [-0.15, -0.1) is 0 Å². The van der Waals surface area contributed by atoms with Gasteiger partial charge in [-0.25, -0.2) is 4.98 Å². The monoisotopic (exact) mass is 552 g/mol. The Morgan fingerprint density at radius 3 is 2.61 bits per heavy atom. The molecule has 0 radical (unpaired) electrons. The normalized spacial score (nSPS) is 14.6. The highest BCUT2D eigenvalue weighted by atomic mass is 127. The third-order valence-electron chi connectivity index (χ3n) is 5.37. The first kappa shape index (κ1) is 22.1. The van der Waals surface area contributed by atoms with Crippen LogP contribution < -0.4 is 19.7 Å². The van der Waals surface area contributed by atoms with Crippen LogP contribution in [0, 0.1) is 3.57 Å². The van der Waals surface area contributed by atoms with Gasteiger partial charge in [0.15, 0.2) is 16.6 Å². The Balaban J connectivity index is 1.31. The Morgan fingerprint density at radius 2 is 1.90 bits per heavy atom. The number of halogens is 1. The minimum atomic E-state index is -0.0116. The van der Waals surface area contributed by atoms with Crippen LogP contribution in [-0.2, 0) is 0 Å². The number of nitrogens with one attached hydrogen (secondary N) is 1. The molecule has 1 aliphatic rings. The summed E-state index contributed by atoms with van der Waals surface area (Å²) >= 11 is 3.87. The Morgan fingerprint density at radius 1 is 1.13 bits per heavy atom. The number of benzene rings is 2. The smallest absolute Gasteiger partial charge is 0.252 e. The molecule has 4 rings (SSSR count). The second-order valence-corrected chi connectivity index (χ2v) is 9.38. The van der Waals surface area contributed by atoms with E-state index in [2.05, 4.69) is 37.7 Å². The summed E-state index contributed by atoms with van der Waals surface area (Å²) in [6, 6.07) is 11.6. The van der Waals surface area contributed by atoms with E-state index in [1.165, 1.54) is 0 Å². The summed E-state index contributed by atoms with van der Waals surface area (Å²) in [6.45, 7) is 5.17. The van der Waals surface area contributed by atoms with Crippen LogP contribution in [0.5, 0.6) is 11.5 Å². The molecule has 1 amide bonds. The van der Waals surface area contributed by atoms with Gasteiger partial charge in [-0.3, -0.25) is 9.69 Å². The molecular weight excluding hydrogens is 527 g/mol. The van der Waals surface area contributed by atoms with E-state index >= 15 is 0 Å². The molecule has 2 aromatic carbocycles. The molecule has 164 valence electrons. The number of aromatic nitrogens is 1. The number of hydrogen-bond acceptors (Lipinski definition) is 7. The number of methoxy groups -OCH3 is 2. The molecule has 0 unspecified atom stereocenters. The fourth-order valence-electron chi connectivity index (χ4n) is 3.66. The van der Waals surface area contributed by atoms with E-state index < -0.39 is 0 Å². The summed E-state index contributed by atoms with van der Waals surface area (Å²) in [7, 11) is 3.28. The number of hydrogen-bond donors (Lipinski definition) is 1. The zero-order chi connectivity index (χ0) is 21.8. The zero-order valence-corrected chi connectivity index (χ0v) is 20.5. The summed E-state index contributed by atoms with van der Waals surface area (Å²) in [6.07, 6.45) is 0. The minimum absolute atomic E-state index is 0.0116. The van der Waals surface area contributed by atoms with Crippen LogP contribution in [0.15, 0.2) is 36.4 Å². The average molecular weight is 552 g/mol. The van der Waals surface area contributed by atoms with Gasteiger partial charge in [-0.1, -0.05) is 23.5 Å². The molecule has 7 nitrogen and oxygen atoms in total. The molecule has 1 aliphatic heterocycles. The lowest BCUT2D eigenvalue weighted by molar-refractivity contribution is 0.0947. The highest BCUT2D eigenvalue weighted by Crippen LogP contribution is 2.40. The average Bonchev–Trinajstić information content (AvgIpc) is 3.23. The number of thiazole rings is 1. The van der Waals surface area contributed by atoms with Crippen molar-refractivity contribution in [2.24, 2.45) is 0 Å². The molecule has 31 heavy (non-hydrogen) atoms. The van der Waals surface area contributed by atoms with Crippen LogP contribution in [0.1, 0.15) is 10.4 Å². The minimum Gasteiger partial charge on any atom is -0.493 e. The fourth-order valence-corrected chi connectivity index (χ4v) is 5.31. The van der Waals surface area contributed by atoms with Crippen molar-refractivity contribution in [3.8, 4) is 11.5 Å². The number of amides is 1. The van der Waals surface area contributed by atoms with Crippen LogP contribution in [0.3, 0.4) is 0 Å². The number of piperazine rings is 1. The van der Waals surface area contributed by atoms with Crippen LogP contribution in [0.2, 0.25) is 0 Å². The van der Waals surface area contributed by atoms with E-state index in [1.807, 2.05) is 36.4 Å². The van der Waals surface area contributed by atoms with Gasteiger partial charge in [-0.2, -0.15) is 0 Å². The predicted octanol–water partition coefficient (Wildman–Crippen LogP) is 3.47. The Hall–Kier alpha value is -2.11. The molecule has 2 heterocycles. The van der Waals surface area contributed by atoms with E-state index in [9.17, 15) is 4.79 Å². The maximum atomic E-state index is 12.4. The van der Waals surface area contributed by atoms with Gasteiger partial charge >= 0.3 is 0 Å². The SMILES string of the molecule is COc1ccc2sc(N3CCN(CCNC(=O)c4ccccc4I)CC3)nc2c1OC. The van der Waals surface area contributed by atoms with E-state index in [4.69, 9.17) is 14.5 Å². The van der Waals surface area contributed by atoms with Crippen molar-refractivity contribution < 1.29 is 14.3 Å². The quantitative estimate of drug-likeness (QED) is 0.453. The molecule has 0 bridgehead atoms. The van der Waals surface area contributed by atoms with E-state index in [1.54, 1.807) is 25.6 Å². The maximum absolute atomic E-state index is 12.4. The molecule has 9 heteroatoms. The van der Waals surface area contributed by atoms with Crippen molar-refractivity contribution in [1.29, 1.82) is 0 Å². The number of fused-ring (bicyclic) bond motifs is 1. The third-order valence-corrected chi connectivity index (χ3v) is 7.39. The van der Waals surface area contributed by atoms with Gasteiger partial charge in [-0.05, 0) is 46.9 Å². The molecule has 1 N–H and O–H groups in total. The van der Waals surface area contributed by atoms with Crippen LogP contribution >= 0.6 is 33.9 Å². The summed E-state index contributed by atoms with van der Waals surface area (Å²) in [5.41, 5.74) is 1.58. The Bertz CT molecular complexity index is 1070. The van der Waals surface area contributed by atoms with Crippen molar-refractivity contribution >= 4 is 55.2 Å². The topological polar surface area (TPSA) is 66.9 Å². The first-order chi connectivity index (χ1) is 15.1. The van der Waals surface area contributed by atoms with Crippen LogP contribution in [0.4, 0.5) is 5.13 Å². The lowest BCUT2D eigenvalue weighted by atomic mass is 10.2.